The molecule has 0 saturated carbocycles. The van der Waals surface area contributed by atoms with Crippen molar-refractivity contribution in [2.24, 2.45) is 10.7 Å². The largest absolute Gasteiger partial charge is 0.463 e. The van der Waals surface area contributed by atoms with Crippen molar-refractivity contribution >= 4 is 27.3 Å². The van der Waals surface area contributed by atoms with Crippen LogP contribution in [0.25, 0.3) is 0 Å². The van der Waals surface area contributed by atoms with Crippen LogP contribution in [0.4, 0.5) is 14.5 Å². The molecule has 33 heavy (non-hydrogen) atoms. The number of nitrogens with one attached hydrogen (secondary N) is 1. The molecule has 9 nitrogen and oxygen atoms in total. The normalized spacial score (nSPS) is 23.6. The van der Waals surface area contributed by atoms with Crippen LogP contribution in [0.1, 0.15) is 36.8 Å². The fourth-order valence-corrected chi connectivity index (χ4v) is 4.70. The Kier molecular flexibility index (Phi) is 6.37. The number of hydrogen-bond donors (Lipinski definition) is 2. The third-order valence-corrected chi connectivity index (χ3v) is 7.33. The van der Waals surface area contributed by atoms with E-state index in [1.165, 1.54) is 31.5 Å². The van der Waals surface area contributed by atoms with Gasteiger partial charge in [-0.25, -0.2) is 27.2 Å². The van der Waals surface area contributed by atoms with E-state index in [1.807, 2.05) is 0 Å². The predicted octanol–water partition coefficient (Wildman–Crippen LogP) is 1.96. The van der Waals surface area contributed by atoms with Crippen molar-refractivity contribution in [3.8, 4) is 17.7 Å². The molecule has 1 amide bonds. The van der Waals surface area contributed by atoms with Gasteiger partial charge in [-0.1, -0.05) is 5.92 Å². The summed E-state index contributed by atoms with van der Waals surface area (Å²) in [5, 5.41) is -0.327. The number of benzene rings is 1. The maximum atomic E-state index is 14.6. The number of alkyl halides is 1. The number of amidine groups is 1. The summed E-state index contributed by atoms with van der Waals surface area (Å²) in [7, 11) is -4.39. The number of amides is 1. The summed E-state index contributed by atoms with van der Waals surface area (Å²) >= 11 is 0. The number of nitrogens with zero attached hydrogens (tertiary/aromatic N) is 3. The maximum absolute atomic E-state index is 14.6. The summed E-state index contributed by atoms with van der Waals surface area (Å²) in [6.45, 7) is 3.90. The predicted molar refractivity (Wildman–Crippen MR) is 118 cm³/mol. The second kappa shape index (κ2) is 8.74. The first-order chi connectivity index (χ1) is 15.4. The van der Waals surface area contributed by atoms with Gasteiger partial charge in [-0.15, -0.1) is 5.92 Å². The van der Waals surface area contributed by atoms with Gasteiger partial charge in [0, 0.05) is 11.3 Å². The standard InChI is InChI=1S/C21H21F2N5O4S/c1-4-5-8-32-17-11-25-16(10-26-17)18(29)27-13-6-7-15(22)14(9-13)20(2)12-33(30,31)21(3,23)19(24)28-20/h6-7,9-11H,8,12H2,1-3H3,(H2,24,28)(H,27,29)/t20-,21+/m0/s1. The van der Waals surface area contributed by atoms with Crippen LogP contribution < -0.4 is 15.8 Å². The Labute approximate surface area is 189 Å². The molecule has 0 aliphatic carbocycles. The molecule has 2 heterocycles. The topological polar surface area (TPSA) is 137 Å². The average Bonchev–Trinajstić information content (AvgIpc) is 2.74. The lowest BCUT2D eigenvalue weighted by Crippen LogP contribution is -2.54. The molecule has 0 bridgehead atoms. The Bertz CT molecular complexity index is 1280. The van der Waals surface area contributed by atoms with Crippen LogP contribution >= 0.6 is 0 Å². The Hall–Kier alpha value is -3.59. The van der Waals surface area contributed by atoms with Crippen LogP contribution in [-0.2, 0) is 15.4 Å². The number of halogens is 2. The van der Waals surface area contributed by atoms with E-state index >= 15 is 0 Å². The smallest absolute Gasteiger partial charge is 0.275 e. The number of ether oxygens (including phenoxy) is 1. The molecule has 174 valence electrons. The van der Waals surface area contributed by atoms with Gasteiger partial charge >= 0.3 is 0 Å². The molecule has 2 aromatic rings. The fraction of sp³-hybridized carbons (Fsp3) is 0.333. The second-order valence-electron chi connectivity index (χ2n) is 7.55. The lowest BCUT2D eigenvalue weighted by molar-refractivity contribution is 0.102. The van der Waals surface area contributed by atoms with Gasteiger partial charge in [-0.2, -0.15) is 0 Å². The van der Waals surface area contributed by atoms with Crippen molar-refractivity contribution in [1.29, 1.82) is 0 Å². The SMILES string of the molecule is CC#CCOc1cnc(C(=O)Nc2ccc(F)c([C@]3(C)CS(=O)(=O)[C@@](C)(F)C(N)=N3)c2)cn1. The van der Waals surface area contributed by atoms with Gasteiger partial charge in [-0.05, 0) is 39.0 Å². The molecule has 3 rings (SSSR count). The summed E-state index contributed by atoms with van der Waals surface area (Å²) in [4.78, 5) is 24.4. The van der Waals surface area contributed by atoms with Crippen molar-refractivity contribution < 1.29 is 26.7 Å². The molecule has 0 saturated heterocycles. The van der Waals surface area contributed by atoms with Crippen LogP contribution in [0.15, 0.2) is 35.6 Å². The number of rotatable bonds is 5. The molecule has 2 atom stereocenters. The Morgan fingerprint density at radius 2 is 2.03 bits per heavy atom. The van der Waals surface area contributed by atoms with Crippen molar-refractivity contribution in [3.63, 3.8) is 0 Å². The Morgan fingerprint density at radius 3 is 2.64 bits per heavy atom. The van der Waals surface area contributed by atoms with Gasteiger partial charge in [0.05, 0.1) is 18.1 Å². The summed E-state index contributed by atoms with van der Waals surface area (Å²) in [6.07, 6.45) is 2.44. The highest BCUT2D eigenvalue weighted by atomic mass is 32.2. The van der Waals surface area contributed by atoms with E-state index < -0.39 is 43.7 Å². The van der Waals surface area contributed by atoms with Crippen molar-refractivity contribution in [3.05, 3.63) is 47.7 Å². The lowest BCUT2D eigenvalue weighted by atomic mass is 9.93. The van der Waals surface area contributed by atoms with Crippen molar-refractivity contribution in [2.45, 2.75) is 31.3 Å². The number of carbonyl (C=O) groups excluding carboxylic acids is 1. The van der Waals surface area contributed by atoms with E-state index in [0.717, 1.165) is 13.0 Å². The molecule has 0 unspecified atom stereocenters. The number of hydrogen-bond acceptors (Lipinski definition) is 8. The van der Waals surface area contributed by atoms with Crippen LogP contribution in [-0.4, -0.2) is 47.5 Å². The lowest BCUT2D eigenvalue weighted by Gasteiger charge is -2.35. The third-order valence-electron chi connectivity index (χ3n) is 5.01. The molecule has 0 fully saturated rings. The molecule has 3 N–H and O–H groups in total. The first-order valence-electron chi connectivity index (χ1n) is 9.62. The van der Waals surface area contributed by atoms with E-state index in [1.54, 1.807) is 6.92 Å². The molecule has 1 aromatic carbocycles. The monoisotopic (exact) mass is 477 g/mol. The summed E-state index contributed by atoms with van der Waals surface area (Å²) in [6, 6.07) is 3.53. The molecular formula is C21H21F2N5O4S. The number of anilines is 1. The summed E-state index contributed by atoms with van der Waals surface area (Å²) < 4.78 is 59.2. The van der Waals surface area contributed by atoms with E-state index in [4.69, 9.17) is 10.5 Å². The number of nitrogens with two attached hydrogens (primary N) is 1. The first kappa shape index (κ1) is 24.1. The average molecular weight is 477 g/mol. The maximum Gasteiger partial charge on any atom is 0.275 e. The summed E-state index contributed by atoms with van der Waals surface area (Å²) in [5.41, 5.74) is 3.79. The number of carbonyl (C=O) groups is 1. The highest BCUT2D eigenvalue weighted by Gasteiger charge is 2.53. The van der Waals surface area contributed by atoms with Gasteiger partial charge < -0.3 is 15.8 Å². The minimum atomic E-state index is -4.39. The highest BCUT2D eigenvalue weighted by Crippen LogP contribution is 2.39. The molecular weight excluding hydrogens is 456 g/mol. The van der Waals surface area contributed by atoms with Gasteiger partial charge in [0.15, 0.2) is 16.4 Å². The molecule has 12 heteroatoms. The molecule has 0 radical (unpaired) electrons. The Balaban J connectivity index is 1.85. The molecule has 0 spiro atoms. The fourth-order valence-electron chi connectivity index (χ4n) is 3.10. The molecule has 1 aliphatic heterocycles. The third kappa shape index (κ3) is 4.78. The Morgan fingerprint density at radius 1 is 1.30 bits per heavy atom. The highest BCUT2D eigenvalue weighted by molar-refractivity contribution is 7.93. The van der Waals surface area contributed by atoms with E-state index in [0.29, 0.717) is 0 Å². The van der Waals surface area contributed by atoms with E-state index in [-0.39, 0.29) is 29.4 Å². The van der Waals surface area contributed by atoms with Gasteiger partial charge in [0.1, 0.15) is 22.9 Å². The van der Waals surface area contributed by atoms with Crippen LogP contribution in [0.3, 0.4) is 0 Å². The summed E-state index contributed by atoms with van der Waals surface area (Å²) in [5.74, 6) is 2.51. The zero-order valence-electron chi connectivity index (χ0n) is 18.0. The zero-order chi connectivity index (χ0) is 24.4. The zero-order valence-corrected chi connectivity index (χ0v) is 18.8. The minimum absolute atomic E-state index is 0.0447. The van der Waals surface area contributed by atoms with Gasteiger partial charge in [0.25, 0.3) is 10.9 Å². The number of aromatic nitrogens is 2. The van der Waals surface area contributed by atoms with E-state index in [9.17, 15) is 22.0 Å². The van der Waals surface area contributed by atoms with Gasteiger partial charge in [-0.3, -0.25) is 9.79 Å². The van der Waals surface area contributed by atoms with Crippen LogP contribution in [0.2, 0.25) is 0 Å². The number of sulfone groups is 1. The minimum Gasteiger partial charge on any atom is -0.463 e. The second-order valence-corrected chi connectivity index (χ2v) is 9.84. The first-order valence-corrected chi connectivity index (χ1v) is 11.3. The van der Waals surface area contributed by atoms with E-state index in [2.05, 4.69) is 32.1 Å². The van der Waals surface area contributed by atoms with Crippen LogP contribution in [0, 0.1) is 17.7 Å². The van der Waals surface area contributed by atoms with Crippen molar-refractivity contribution in [1.82, 2.24) is 9.97 Å². The molecule has 1 aliphatic rings. The number of aliphatic imine (C=N–C) groups is 1. The van der Waals surface area contributed by atoms with Crippen molar-refractivity contribution in [2.75, 3.05) is 17.7 Å². The quantitative estimate of drug-likeness (QED) is 0.628. The molecule has 1 aromatic heterocycles. The van der Waals surface area contributed by atoms with Gasteiger partial charge in [0.2, 0.25) is 5.88 Å². The van der Waals surface area contributed by atoms with Crippen LogP contribution in [0.5, 0.6) is 5.88 Å².